The number of carbonyl (C=O) groups is 1. The van der Waals surface area contributed by atoms with Crippen molar-refractivity contribution in [3.63, 3.8) is 0 Å². The molecule has 0 aliphatic heterocycles. The number of ketones is 1. The molecule has 0 heterocycles. The molecule has 4 heteroatoms. The summed E-state index contributed by atoms with van der Waals surface area (Å²) >= 11 is 0. The predicted molar refractivity (Wildman–Crippen MR) is 50.9 cm³/mol. The molecule has 0 bridgehead atoms. The molecule has 0 unspecified atom stereocenters. The molecule has 0 aliphatic rings. The fourth-order valence-electron chi connectivity index (χ4n) is 0.787. The van der Waals surface area contributed by atoms with Gasteiger partial charge in [0.15, 0.2) is 5.78 Å². The Morgan fingerprint density at radius 3 is 2.54 bits per heavy atom. The second-order valence-corrected chi connectivity index (χ2v) is 2.82. The highest BCUT2D eigenvalue weighted by atomic mass is 16.5. The van der Waals surface area contributed by atoms with Crippen LogP contribution in [0.4, 0.5) is 0 Å². The van der Waals surface area contributed by atoms with E-state index in [-0.39, 0.29) is 12.4 Å². The number of Topliss-reactive ketones (excluding diaryl/α,β-unsaturated/α-hetero) is 1. The van der Waals surface area contributed by atoms with Crippen molar-refractivity contribution in [2.24, 2.45) is 0 Å². The summed E-state index contributed by atoms with van der Waals surface area (Å²) in [5.41, 5.74) is 0. The molecule has 13 heavy (non-hydrogen) atoms. The molecule has 0 aromatic heterocycles. The average Bonchev–Trinajstić information content (AvgIpc) is 2.09. The highest BCUT2D eigenvalue weighted by Gasteiger charge is 1.92. The molecule has 0 aliphatic carbocycles. The molecule has 0 rings (SSSR count). The Kier molecular flexibility index (Phi) is 9.30. The van der Waals surface area contributed by atoms with E-state index in [2.05, 4.69) is 5.32 Å². The van der Waals surface area contributed by atoms with Crippen LogP contribution >= 0.6 is 0 Å². The van der Waals surface area contributed by atoms with Crippen molar-refractivity contribution in [3.8, 4) is 0 Å². The molecule has 0 saturated carbocycles. The molecule has 0 radical (unpaired) electrons. The third kappa shape index (κ3) is 11.5. The molecular formula is C9H19NO3. The molecule has 0 amide bonds. The molecule has 0 atom stereocenters. The average molecular weight is 189 g/mol. The summed E-state index contributed by atoms with van der Waals surface area (Å²) in [6, 6.07) is 0. The minimum atomic E-state index is 0.0511. The third-order valence-electron chi connectivity index (χ3n) is 1.39. The lowest BCUT2D eigenvalue weighted by Crippen LogP contribution is -2.13. The molecule has 0 aromatic carbocycles. The van der Waals surface area contributed by atoms with Crippen LogP contribution in [0.1, 0.15) is 13.3 Å². The molecule has 78 valence electrons. The topological polar surface area (TPSA) is 47.6 Å². The van der Waals surface area contributed by atoms with E-state index >= 15 is 0 Å². The van der Waals surface area contributed by atoms with Crippen LogP contribution in [0.2, 0.25) is 0 Å². The summed E-state index contributed by atoms with van der Waals surface area (Å²) in [7, 11) is 1.91. The van der Waals surface area contributed by atoms with Gasteiger partial charge in [-0.3, -0.25) is 4.79 Å². The molecular weight excluding hydrogens is 170 g/mol. The van der Waals surface area contributed by atoms with Crippen molar-refractivity contribution in [1.29, 1.82) is 0 Å². The highest BCUT2D eigenvalue weighted by Crippen LogP contribution is 1.82. The van der Waals surface area contributed by atoms with Crippen molar-refractivity contribution >= 4 is 5.78 Å². The fraction of sp³-hybridized carbons (Fsp3) is 0.889. The van der Waals surface area contributed by atoms with Gasteiger partial charge in [-0.25, -0.2) is 0 Å². The van der Waals surface area contributed by atoms with E-state index < -0.39 is 0 Å². The number of nitrogens with one attached hydrogen (secondary N) is 1. The van der Waals surface area contributed by atoms with E-state index in [1.165, 1.54) is 6.92 Å². The SMILES string of the molecule is CNCCCOCCOCC(C)=O. The number of hydrogen-bond acceptors (Lipinski definition) is 4. The van der Waals surface area contributed by atoms with E-state index in [0.29, 0.717) is 13.2 Å². The lowest BCUT2D eigenvalue weighted by atomic mass is 10.4. The van der Waals surface area contributed by atoms with Gasteiger partial charge < -0.3 is 14.8 Å². The van der Waals surface area contributed by atoms with Gasteiger partial charge in [0.2, 0.25) is 0 Å². The smallest absolute Gasteiger partial charge is 0.155 e. The minimum absolute atomic E-state index is 0.0511. The van der Waals surface area contributed by atoms with Crippen molar-refractivity contribution in [3.05, 3.63) is 0 Å². The fourth-order valence-corrected chi connectivity index (χ4v) is 0.787. The van der Waals surface area contributed by atoms with Gasteiger partial charge in [0.1, 0.15) is 6.61 Å². The van der Waals surface area contributed by atoms with E-state index in [0.717, 1.165) is 19.6 Å². The maximum Gasteiger partial charge on any atom is 0.155 e. The Bertz CT molecular complexity index is 128. The van der Waals surface area contributed by atoms with Crippen LogP contribution in [-0.4, -0.2) is 45.8 Å². The summed E-state index contributed by atoms with van der Waals surface area (Å²) in [6.07, 6.45) is 1.00. The molecule has 4 nitrogen and oxygen atoms in total. The van der Waals surface area contributed by atoms with Gasteiger partial charge in [0.25, 0.3) is 0 Å². The Labute approximate surface area is 79.6 Å². The van der Waals surface area contributed by atoms with E-state index in [1.807, 2.05) is 7.05 Å². The Hall–Kier alpha value is -0.450. The number of carbonyl (C=O) groups excluding carboxylic acids is 1. The van der Waals surface area contributed by atoms with Crippen LogP contribution < -0.4 is 5.32 Å². The third-order valence-corrected chi connectivity index (χ3v) is 1.39. The highest BCUT2D eigenvalue weighted by molar-refractivity contribution is 5.76. The largest absolute Gasteiger partial charge is 0.379 e. The van der Waals surface area contributed by atoms with Crippen molar-refractivity contribution in [1.82, 2.24) is 5.32 Å². The summed E-state index contributed by atoms with van der Waals surface area (Å²) in [5, 5.41) is 3.03. The van der Waals surface area contributed by atoms with Crippen LogP contribution in [0, 0.1) is 0 Å². The van der Waals surface area contributed by atoms with Gasteiger partial charge >= 0.3 is 0 Å². The van der Waals surface area contributed by atoms with Gasteiger partial charge in [0, 0.05) is 6.61 Å². The van der Waals surface area contributed by atoms with E-state index in [4.69, 9.17) is 9.47 Å². The Balaban J connectivity index is 2.87. The number of rotatable bonds is 9. The van der Waals surface area contributed by atoms with Crippen molar-refractivity contribution in [2.45, 2.75) is 13.3 Å². The molecule has 0 aromatic rings. The molecule has 1 N–H and O–H groups in total. The lowest BCUT2D eigenvalue weighted by molar-refractivity contribution is -0.121. The van der Waals surface area contributed by atoms with Crippen LogP contribution in [0.15, 0.2) is 0 Å². The molecule has 0 saturated heterocycles. The second-order valence-electron chi connectivity index (χ2n) is 2.82. The summed E-state index contributed by atoms with van der Waals surface area (Å²) in [5.74, 6) is 0.0511. The normalized spacial score (nSPS) is 10.3. The summed E-state index contributed by atoms with van der Waals surface area (Å²) in [6.45, 7) is 4.47. The zero-order valence-electron chi connectivity index (χ0n) is 8.47. The molecule has 0 fully saturated rings. The van der Waals surface area contributed by atoms with Crippen LogP contribution in [-0.2, 0) is 14.3 Å². The lowest BCUT2D eigenvalue weighted by Gasteiger charge is -2.03. The number of ether oxygens (including phenoxy) is 2. The summed E-state index contributed by atoms with van der Waals surface area (Å²) < 4.78 is 10.3. The van der Waals surface area contributed by atoms with Crippen molar-refractivity contribution < 1.29 is 14.3 Å². The summed E-state index contributed by atoms with van der Waals surface area (Å²) in [4.78, 5) is 10.4. The first-order valence-electron chi connectivity index (χ1n) is 4.57. The Morgan fingerprint density at radius 2 is 1.92 bits per heavy atom. The van der Waals surface area contributed by atoms with Gasteiger partial charge in [-0.2, -0.15) is 0 Å². The van der Waals surface area contributed by atoms with Crippen LogP contribution in [0.5, 0.6) is 0 Å². The van der Waals surface area contributed by atoms with E-state index in [9.17, 15) is 4.79 Å². The zero-order valence-corrected chi connectivity index (χ0v) is 8.47. The van der Waals surface area contributed by atoms with E-state index in [1.54, 1.807) is 0 Å². The Morgan fingerprint density at radius 1 is 1.23 bits per heavy atom. The molecule has 0 spiro atoms. The standard InChI is InChI=1S/C9H19NO3/c1-9(11)8-13-7-6-12-5-3-4-10-2/h10H,3-8H2,1-2H3. The first kappa shape index (κ1) is 12.6. The first-order chi connectivity index (χ1) is 6.27. The van der Waals surface area contributed by atoms with Crippen LogP contribution in [0.25, 0.3) is 0 Å². The maximum absolute atomic E-state index is 10.4. The quantitative estimate of drug-likeness (QED) is 0.527. The predicted octanol–water partition coefficient (Wildman–Crippen LogP) is 0.218. The monoisotopic (exact) mass is 189 g/mol. The van der Waals surface area contributed by atoms with Crippen LogP contribution in [0.3, 0.4) is 0 Å². The van der Waals surface area contributed by atoms with Gasteiger partial charge in [-0.15, -0.1) is 0 Å². The van der Waals surface area contributed by atoms with Gasteiger partial charge in [0.05, 0.1) is 13.2 Å². The van der Waals surface area contributed by atoms with Gasteiger partial charge in [-0.1, -0.05) is 0 Å². The van der Waals surface area contributed by atoms with Crippen molar-refractivity contribution in [2.75, 3.05) is 40.0 Å². The second kappa shape index (κ2) is 9.64. The number of hydrogen-bond donors (Lipinski definition) is 1. The minimum Gasteiger partial charge on any atom is -0.379 e. The zero-order chi connectivity index (χ0) is 9.94. The van der Waals surface area contributed by atoms with Gasteiger partial charge in [-0.05, 0) is 26.9 Å². The maximum atomic E-state index is 10.4. The first-order valence-corrected chi connectivity index (χ1v) is 4.57.